The highest BCUT2D eigenvalue weighted by Gasteiger charge is 2.27. The molecule has 0 spiro atoms. The van der Waals surface area contributed by atoms with Crippen molar-refractivity contribution in [1.29, 1.82) is 0 Å². The van der Waals surface area contributed by atoms with Crippen molar-refractivity contribution in [3.63, 3.8) is 0 Å². The van der Waals surface area contributed by atoms with Gasteiger partial charge in [0.25, 0.3) is 5.91 Å². The average Bonchev–Trinajstić information content (AvgIpc) is 2.77. The van der Waals surface area contributed by atoms with Crippen molar-refractivity contribution in [2.24, 2.45) is 0 Å². The second-order valence-corrected chi connectivity index (χ2v) is 6.90. The molecule has 0 saturated carbocycles. The molecule has 0 aliphatic carbocycles. The molecule has 0 aromatic heterocycles. The van der Waals surface area contributed by atoms with Crippen LogP contribution in [0.3, 0.4) is 0 Å². The van der Waals surface area contributed by atoms with Gasteiger partial charge in [-0.15, -0.1) is 0 Å². The first-order valence-electron chi connectivity index (χ1n) is 10.0. The van der Waals surface area contributed by atoms with Crippen molar-refractivity contribution in [2.75, 3.05) is 20.3 Å². The number of hydrogen-bond acceptors (Lipinski definition) is 4. The van der Waals surface area contributed by atoms with Crippen molar-refractivity contribution in [3.05, 3.63) is 59.9 Å². The molecule has 0 heterocycles. The molecular formula is C23H29FN2O4. The number of carbonyl (C=O) groups excluding carboxylic acids is 2. The minimum absolute atomic E-state index is 0.0279. The van der Waals surface area contributed by atoms with Gasteiger partial charge < -0.3 is 19.7 Å². The molecule has 0 aliphatic heterocycles. The van der Waals surface area contributed by atoms with Gasteiger partial charge in [-0.1, -0.05) is 31.5 Å². The fraction of sp³-hybridized carbons (Fsp3) is 0.391. The zero-order chi connectivity index (χ0) is 21.9. The topological polar surface area (TPSA) is 67.9 Å². The lowest BCUT2D eigenvalue weighted by molar-refractivity contribution is -0.142. The molecule has 0 bridgehead atoms. The number of ether oxygens (including phenoxy) is 2. The van der Waals surface area contributed by atoms with E-state index in [1.807, 2.05) is 6.92 Å². The minimum atomic E-state index is -0.770. The Morgan fingerprint density at radius 3 is 2.40 bits per heavy atom. The summed E-state index contributed by atoms with van der Waals surface area (Å²) < 4.78 is 24.8. The monoisotopic (exact) mass is 416 g/mol. The zero-order valence-electron chi connectivity index (χ0n) is 17.7. The van der Waals surface area contributed by atoms with E-state index in [1.54, 1.807) is 56.5 Å². The van der Waals surface area contributed by atoms with E-state index in [2.05, 4.69) is 5.32 Å². The fourth-order valence-electron chi connectivity index (χ4n) is 2.83. The zero-order valence-corrected chi connectivity index (χ0v) is 17.7. The Kier molecular flexibility index (Phi) is 9.12. The first-order valence-corrected chi connectivity index (χ1v) is 10.0. The van der Waals surface area contributed by atoms with Gasteiger partial charge in [-0.2, -0.15) is 0 Å². The quantitative estimate of drug-likeness (QED) is 0.569. The van der Waals surface area contributed by atoms with E-state index < -0.39 is 17.8 Å². The van der Waals surface area contributed by atoms with Gasteiger partial charge in [0, 0.05) is 18.7 Å². The van der Waals surface area contributed by atoms with E-state index in [1.165, 1.54) is 11.0 Å². The van der Waals surface area contributed by atoms with Crippen molar-refractivity contribution >= 4 is 11.8 Å². The maximum absolute atomic E-state index is 14.2. The summed E-state index contributed by atoms with van der Waals surface area (Å²) >= 11 is 0. The maximum atomic E-state index is 14.2. The van der Waals surface area contributed by atoms with Gasteiger partial charge in [-0.25, -0.2) is 4.39 Å². The largest absolute Gasteiger partial charge is 0.497 e. The highest BCUT2D eigenvalue weighted by Crippen LogP contribution is 2.18. The van der Waals surface area contributed by atoms with Crippen molar-refractivity contribution in [2.45, 2.75) is 39.3 Å². The number of amides is 2. The summed E-state index contributed by atoms with van der Waals surface area (Å²) in [5.74, 6) is 0.0528. The van der Waals surface area contributed by atoms with E-state index in [9.17, 15) is 14.0 Å². The number of benzene rings is 2. The van der Waals surface area contributed by atoms with Crippen LogP contribution in [0, 0.1) is 5.82 Å². The second kappa shape index (κ2) is 11.8. The number of unbranched alkanes of at least 4 members (excludes halogenated alkanes) is 1. The summed E-state index contributed by atoms with van der Waals surface area (Å²) in [4.78, 5) is 26.8. The van der Waals surface area contributed by atoms with E-state index in [0.717, 1.165) is 12.8 Å². The van der Waals surface area contributed by atoms with E-state index >= 15 is 0 Å². The van der Waals surface area contributed by atoms with Crippen molar-refractivity contribution in [1.82, 2.24) is 10.2 Å². The summed E-state index contributed by atoms with van der Waals surface area (Å²) in [5.41, 5.74) is 0.337. The molecule has 7 heteroatoms. The molecule has 0 saturated heterocycles. The number of nitrogens with one attached hydrogen (secondary N) is 1. The van der Waals surface area contributed by atoms with Gasteiger partial charge in [-0.3, -0.25) is 9.59 Å². The molecule has 0 unspecified atom stereocenters. The summed E-state index contributed by atoms with van der Waals surface area (Å²) in [6.45, 7) is 3.89. The first-order chi connectivity index (χ1) is 14.5. The van der Waals surface area contributed by atoms with Crippen LogP contribution < -0.4 is 14.8 Å². The third-order valence-corrected chi connectivity index (χ3v) is 4.72. The van der Waals surface area contributed by atoms with Crippen LogP contribution in [0.2, 0.25) is 0 Å². The van der Waals surface area contributed by atoms with Gasteiger partial charge in [0.2, 0.25) is 5.91 Å². The van der Waals surface area contributed by atoms with E-state index in [-0.39, 0.29) is 19.1 Å². The van der Waals surface area contributed by atoms with Gasteiger partial charge in [0.05, 0.1) is 7.11 Å². The highest BCUT2D eigenvalue weighted by atomic mass is 19.1. The smallest absolute Gasteiger partial charge is 0.261 e. The number of hydrogen-bond donors (Lipinski definition) is 1. The van der Waals surface area contributed by atoms with Gasteiger partial charge in [-0.05, 0) is 43.7 Å². The van der Waals surface area contributed by atoms with E-state index in [4.69, 9.17) is 9.47 Å². The predicted octanol–water partition coefficient (Wildman–Crippen LogP) is 3.55. The van der Waals surface area contributed by atoms with Crippen LogP contribution in [0.4, 0.5) is 4.39 Å². The molecular weight excluding hydrogens is 387 g/mol. The van der Waals surface area contributed by atoms with Crippen molar-refractivity contribution in [3.8, 4) is 11.5 Å². The van der Waals surface area contributed by atoms with Gasteiger partial charge in [0.15, 0.2) is 6.61 Å². The summed E-state index contributed by atoms with van der Waals surface area (Å²) in [6.07, 6.45) is 1.79. The number of carbonyl (C=O) groups is 2. The third kappa shape index (κ3) is 6.76. The van der Waals surface area contributed by atoms with Gasteiger partial charge in [0.1, 0.15) is 23.4 Å². The lowest BCUT2D eigenvalue weighted by Crippen LogP contribution is -2.49. The van der Waals surface area contributed by atoms with Gasteiger partial charge >= 0.3 is 0 Å². The van der Waals surface area contributed by atoms with Crippen LogP contribution >= 0.6 is 0 Å². The number of nitrogens with zero attached hydrogens (tertiary/aromatic N) is 1. The predicted molar refractivity (Wildman–Crippen MR) is 113 cm³/mol. The lowest BCUT2D eigenvalue weighted by Gasteiger charge is -2.29. The molecule has 0 fully saturated rings. The third-order valence-electron chi connectivity index (χ3n) is 4.72. The molecule has 2 aromatic carbocycles. The Morgan fingerprint density at radius 1 is 1.10 bits per heavy atom. The van der Waals surface area contributed by atoms with E-state index in [0.29, 0.717) is 23.6 Å². The Labute approximate surface area is 177 Å². The number of methoxy groups -OCH3 is 1. The molecule has 1 atom stereocenters. The molecule has 6 nitrogen and oxygen atoms in total. The SMILES string of the molecule is CCCCNC(=O)[C@@H](C)N(Cc1ccccc1F)C(=O)COc1ccc(OC)cc1. The standard InChI is InChI=1S/C23H29FN2O4/c1-4-5-14-25-23(28)17(2)26(15-18-8-6-7-9-21(18)24)22(27)16-30-20-12-10-19(29-3)11-13-20/h6-13,17H,4-5,14-16H2,1-3H3,(H,25,28)/t17-/m1/s1. The molecule has 162 valence electrons. The number of halogens is 1. The molecule has 0 radical (unpaired) electrons. The minimum Gasteiger partial charge on any atom is -0.497 e. The van der Waals surface area contributed by atoms with Crippen LogP contribution in [0.5, 0.6) is 11.5 Å². The average molecular weight is 416 g/mol. The molecule has 30 heavy (non-hydrogen) atoms. The summed E-state index contributed by atoms with van der Waals surface area (Å²) in [6, 6.07) is 12.3. The second-order valence-electron chi connectivity index (χ2n) is 6.90. The Bertz CT molecular complexity index is 826. The molecule has 0 aliphatic rings. The normalized spacial score (nSPS) is 11.5. The summed E-state index contributed by atoms with van der Waals surface area (Å²) in [7, 11) is 1.56. The van der Waals surface area contributed by atoms with Crippen LogP contribution in [0.15, 0.2) is 48.5 Å². The Balaban J connectivity index is 2.10. The first kappa shape index (κ1) is 23.2. The fourth-order valence-corrected chi connectivity index (χ4v) is 2.83. The lowest BCUT2D eigenvalue weighted by atomic mass is 10.1. The molecule has 2 amide bonds. The molecule has 2 rings (SSSR count). The Morgan fingerprint density at radius 2 is 1.77 bits per heavy atom. The molecule has 1 N–H and O–H groups in total. The Hall–Kier alpha value is -3.09. The summed E-state index contributed by atoms with van der Waals surface area (Å²) in [5, 5.41) is 2.82. The molecule has 2 aromatic rings. The van der Waals surface area contributed by atoms with Crippen LogP contribution in [0.1, 0.15) is 32.3 Å². The maximum Gasteiger partial charge on any atom is 0.261 e. The van der Waals surface area contributed by atoms with Crippen LogP contribution in [0.25, 0.3) is 0 Å². The number of rotatable bonds is 11. The highest BCUT2D eigenvalue weighted by molar-refractivity contribution is 5.87. The van der Waals surface area contributed by atoms with Crippen LogP contribution in [-0.2, 0) is 16.1 Å². The van der Waals surface area contributed by atoms with Crippen LogP contribution in [-0.4, -0.2) is 43.0 Å². The van der Waals surface area contributed by atoms with Crippen molar-refractivity contribution < 1.29 is 23.5 Å².